The summed E-state index contributed by atoms with van der Waals surface area (Å²) < 4.78 is 0. The van der Waals surface area contributed by atoms with E-state index in [0.717, 1.165) is 32.1 Å². The van der Waals surface area contributed by atoms with Crippen LogP contribution in [-0.4, -0.2) is 17.7 Å². The molecule has 0 aromatic rings. The van der Waals surface area contributed by atoms with E-state index in [2.05, 4.69) is 33.0 Å². The highest BCUT2D eigenvalue weighted by Crippen LogP contribution is 2.62. The molecule has 3 saturated carbocycles. The Bertz CT molecular complexity index is 528. The molecule has 3 nitrogen and oxygen atoms in total. The van der Waals surface area contributed by atoms with Gasteiger partial charge in [-0.3, -0.25) is 9.59 Å². The van der Waals surface area contributed by atoms with Gasteiger partial charge in [-0.2, -0.15) is 0 Å². The lowest BCUT2D eigenvalue weighted by molar-refractivity contribution is -0.141. The van der Waals surface area contributed by atoms with E-state index in [0.29, 0.717) is 36.0 Å². The van der Waals surface area contributed by atoms with Gasteiger partial charge in [-0.1, -0.05) is 40.5 Å². The van der Waals surface area contributed by atoms with Crippen molar-refractivity contribution < 1.29 is 9.59 Å². The van der Waals surface area contributed by atoms with Crippen molar-refractivity contribution in [1.29, 1.82) is 0 Å². The Morgan fingerprint density at radius 3 is 2.32 bits per heavy atom. The Kier molecular flexibility index (Phi) is 5.33. The van der Waals surface area contributed by atoms with Gasteiger partial charge in [0.05, 0.1) is 0 Å². The maximum Gasteiger partial charge on any atom is 0.220 e. The number of rotatable bonds is 1. The molecule has 1 N–H and O–H groups in total. The van der Waals surface area contributed by atoms with E-state index in [9.17, 15) is 9.59 Å². The second-order valence-electron chi connectivity index (χ2n) is 9.50. The van der Waals surface area contributed by atoms with Gasteiger partial charge in [0.2, 0.25) is 5.91 Å². The van der Waals surface area contributed by atoms with E-state index < -0.39 is 0 Å². The summed E-state index contributed by atoms with van der Waals surface area (Å²) in [6.07, 6.45) is 10.9. The molecule has 1 saturated heterocycles. The number of Topliss-reactive ketones (excluding diaryl/α,β-unsaturated/α-hetero) is 1. The topological polar surface area (TPSA) is 46.2 Å². The van der Waals surface area contributed by atoms with Crippen LogP contribution >= 0.6 is 0 Å². The minimum atomic E-state index is -0.0255. The smallest absolute Gasteiger partial charge is 0.220 e. The van der Waals surface area contributed by atoms with Gasteiger partial charge in [-0.25, -0.2) is 0 Å². The number of unbranched alkanes of at least 4 members (excludes halogenated alkanes) is 1. The molecule has 4 rings (SSSR count). The van der Waals surface area contributed by atoms with Crippen LogP contribution in [-0.2, 0) is 9.59 Å². The Balaban J connectivity index is 0.000000415. The Labute approximate surface area is 153 Å². The highest BCUT2D eigenvalue weighted by molar-refractivity contribution is 5.87. The summed E-state index contributed by atoms with van der Waals surface area (Å²) in [5, 5.41) is 3.26. The third-order valence-corrected chi connectivity index (χ3v) is 8.30. The minimum absolute atomic E-state index is 0.0255. The van der Waals surface area contributed by atoms with Crippen molar-refractivity contribution >= 4 is 11.7 Å². The summed E-state index contributed by atoms with van der Waals surface area (Å²) in [6.45, 7) is 9.01. The zero-order valence-corrected chi connectivity index (χ0v) is 16.7. The fourth-order valence-corrected chi connectivity index (χ4v) is 6.47. The van der Waals surface area contributed by atoms with E-state index >= 15 is 0 Å². The van der Waals surface area contributed by atoms with E-state index in [1.165, 1.54) is 25.7 Å². The molecule has 1 aliphatic heterocycles. The summed E-state index contributed by atoms with van der Waals surface area (Å²) in [5.41, 5.74) is 0.242. The molecule has 0 aromatic carbocycles. The molecule has 3 heteroatoms. The monoisotopic (exact) mass is 347 g/mol. The number of carbonyl (C=O) groups excluding carboxylic acids is 2. The summed E-state index contributed by atoms with van der Waals surface area (Å²) >= 11 is 0. The summed E-state index contributed by atoms with van der Waals surface area (Å²) in [4.78, 5) is 24.1. The average molecular weight is 348 g/mol. The summed E-state index contributed by atoms with van der Waals surface area (Å²) in [6, 6.07) is 0.376. The highest BCUT2D eigenvalue weighted by atomic mass is 16.1. The van der Waals surface area contributed by atoms with E-state index in [1.807, 2.05) is 0 Å². The van der Waals surface area contributed by atoms with Crippen molar-refractivity contribution in [1.82, 2.24) is 5.32 Å². The van der Waals surface area contributed by atoms with Crippen molar-refractivity contribution in [2.24, 2.45) is 28.6 Å². The predicted molar refractivity (Wildman–Crippen MR) is 101 cm³/mol. The third kappa shape index (κ3) is 3.06. The lowest BCUT2D eigenvalue weighted by Gasteiger charge is -2.59. The largest absolute Gasteiger partial charge is 0.353 e. The maximum atomic E-state index is 12.4. The highest BCUT2D eigenvalue weighted by Gasteiger charge is 2.60. The normalized spacial score (nSPS) is 45.4. The molecule has 0 aromatic heterocycles. The second kappa shape index (κ2) is 7.04. The third-order valence-electron chi connectivity index (χ3n) is 8.30. The molecular formula is C22H37NO2. The lowest BCUT2D eigenvalue weighted by Crippen LogP contribution is -2.61. The molecule has 3 aliphatic carbocycles. The molecule has 1 heterocycles. The number of carbonyl (C=O) groups is 2. The van der Waals surface area contributed by atoms with Crippen LogP contribution in [0.5, 0.6) is 0 Å². The Morgan fingerprint density at radius 1 is 0.920 bits per heavy atom. The Hall–Kier alpha value is -0.860. The van der Waals surface area contributed by atoms with Crippen LogP contribution in [0, 0.1) is 28.6 Å². The van der Waals surface area contributed by atoms with Crippen LogP contribution in [0.2, 0.25) is 0 Å². The Morgan fingerprint density at radius 2 is 1.64 bits per heavy atom. The molecule has 4 aliphatic rings. The number of ketones is 1. The van der Waals surface area contributed by atoms with Crippen molar-refractivity contribution in [3.8, 4) is 0 Å². The van der Waals surface area contributed by atoms with Crippen LogP contribution in [0.1, 0.15) is 91.9 Å². The number of fused-ring (bicyclic) bond motifs is 5. The second-order valence-corrected chi connectivity index (χ2v) is 9.50. The van der Waals surface area contributed by atoms with Crippen LogP contribution in [0.4, 0.5) is 0 Å². The predicted octanol–water partition coefficient (Wildman–Crippen LogP) is 4.88. The molecule has 6 atom stereocenters. The van der Waals surface area contributed by atoms with E-state index in [-0.39, 0.29) is 16.7 Å². The van der Waals surface area contributed by atoms with E-state index in [4.69, 9.17) is 0 Å². The van der Waals surface area contributed by atoms with Crippen molar-refractivity contribution in [2.45, 2.75) is 97.9 Å². The van der Waals surface area contributed by atoms with Crippen molar-refractivity contribution in [2.75, 3.05) is 0 Å². The van der Waals surface area contributed by atoms with Crippen LogP contribution in [0.3, 0.4) is 0 Å². The molecule has 4 fully saturated rings. The minimum Gasteiger partial charge on any atom is -0.353 e. The zero-order chi connectivity index (χ0) is 18.2. The first kappa shape index (κ1) is 18.9. The summed E-state index contributed by atoms with van der Waals surface area (Å²) in [5.74, 6) is 2.80. The van der Waals surface area contributed by atoms with Gasteiger partial charge < -0.3 is 5.32 Å². The number of amides is 1. The molecule has 0 bridgehead atoms. The van der Waals surface area contributed by atoms with Crippen LogP contribution < -0.4 is 5.32 Å². The van der Waals surface area contributed by atoms with E-state index in [1.54, 1.807) is 0 Å². The summed E-state index contributed by atoms with van der Waals surface area (Å²) in [7, 11) is 0. The quantitative estimate of drug-likeness (QED) is 0.734. The zero-order valence-electron chi connectivity index (χ0n) is 16.7. The van der Waals surface area contributed by atoms with Gasteiger partial charge in [0, 0.05) is 24.3 Å². The number of piperidine rings is 1. The van der Waals surface area contributed by atoms with Gasteiger partial charge >= 0.3 is 0 Å². The first-order chi connectivity index (χ1) is 11.9. The van der Waals surface area contributed by atoms with Crippen molar-refractivity contribution in [3.63, 3.8) is 0 Å². The fraction of sp³-hybridized carbons (Fsp3) is 0.909. The van der Waals surface area contributed by atoms with Crippen molar-refractivity contribution in [3.05, 3.63) is 0 Å². The van der Waals surface area contributed by atoms with Gasteiger partial charge in [0.25, 0.3) is 0 Å². The first-order valence-corrected chi connectivity index (χ1v) is 10.7. The average Bonchev–Trinajstić information content (AvgIpc) is 2.91. The SMILES string of the molecule is CC12CCC3C(CCC4NC(=O)CCC43C)C1CCC2=O.CCCC. The molecule has 142 valence electrons. The maximum absolute atomic E-state index is 12.4. The standard InChI is InChI=1S/C18H27NO2.C4H10/c1-17-10-8-16(21)19-14(17)5-3-11-12-4-6-15(20)18(12,2)9-7-13(11)17;1-3-4-2/h11-14H,3-10H2,1-2H3,(H,19,21);3-4H2,1-2H3. The molecule has 1 amide bonds. The number of hydrogen-bond acceptors (Lipinski definition) is 2. The lowest BCUT2D eigenvalue weighted by atomic mass is 9.48. The number of nitrogens with one attached hydrogen (secondary N) is 1. The molecule has 0 spiro atoms. The molecule has 6 unspecified atom stereocenters. The molecule has 25 heavy (non-hydrogen) atoms. The number of hydrogen-bond donors (Lipinski definition) is 1. The van der Waals surface area contributed by atoms with Crippen LogP contribution in [0.25, 0.3) is 0 Å². The van der Waals surface area contributed by atoms with Gasteiger partial charge in [-0.15, -0.1) is 0 Å². The molecular weight excluding hydrogens is 310 g/mol. The molecule has 0 radical (unpaired) electrons. The van der Waals surface area contributed by atoms with Gasteiger partial charge in [0.1, 0.15) is 5.78 Å². The van der Waals surface area contributed by atoms with Crippen LogP contribution in [0.15, 0.2) is 0 Å². The fourth-order valence-electron chi connectivity index (χ4n) is 6.47. The first-order valence-electron chi connectivity index (χ1n) is 10.7. The van der Waals surface area contributed by atoms with Gasteiger partial charge in [0.15, 0.2) is 0 Å². The van der Waals surface area contributed by atoms with Gasteiger partial charge in [-0.05, 0) is 61.7 Å².